The summed E-state index contributed by atoms with van der Waals surface area (Å²) in [5.41, 5.74) is 1.91. The molecule has 3 saturated heterocycles. The van der Waals surface area contributed by atoms with E-state index in [4.69, 9.17) is 4.74 Å². The molecule has 0 unspecified atom stereocenters. The van der Waals surface area contributed by atoms with Crippen molar-refractivity contribution in [3.63, 3.8) is 0 Å². The molecule has 5 aliphatic heterocycles. The van der Waals surface area contributed by atoms with Crippen molar-refractivity contribution < 1.29 is 41.8 Å². The van der Waals surface area contributed by atoms with Crippen LogP contribution in [0.25, 0.3) is 11.3 Å². The van der Waals surface area contributed by atoms with E-state index in [-0.39, 0.29) is 60.4 Å². The van der Waals surface area contributed by atoms with E-state index in [2.05, 4.69) is 35.6 Å². The van der Waals surface area contributed by atoms with E-state index >= 15 is 0 Å². The second-order valence-corrected chi connectivity index (χ2v) is 15.8. The number of fused-ring (bicyclic) bond motifs is 4. The molecule has 4 aromatic rings. The van der Waals surface area contributed by atoms with Crippen molar-refractivity contribution in [1.82, 2.24) is 30.3 Å². The highest BCUT2D eigenvalue weighted by atomic mass is 19.4. The first kappa shape index (κ1) is 38.5. The predicted octanol–water partition coefficient (Wildman–Crippen LogP) is 4.72. The van der Waals surface area contributed by atoms with Gasteiger partial charge in [0, 0.05) is 75.5 Å². The Morgan fingerprint density at radius 3 is 2.59 bits per heavy atom. The third kappa shape index (κ3) is 7.02. The number of imide groups is 1. The number of hydrogen-bond acceptors (Lipinski definition) is 12. The Morgan fingerprint density at radius 2 is 1.83 bits per heavy atom. The first-order valence-electron chi connectivity index (χ1n) is 19.6. The summed E-state index contributed by atoms with van der Waals surface area (Å²) in [5, 5.41) is 24.5. The van der Waals surface area contributed by atoms with Crippen LogP contribution in [0.3, 0.4) is 0 Å². The molecule has 3 atom stereocenters. The van der Waals surface area contributed by atoms with Crippen molar-refractivity contribution in [1.29, 1.82) is 0 Å². The van der Waals surface area contributed by atoms with E-state index in [0.717, 1.165) is 23.4 Å². The quantitative estimate of drug-likeness (QED) is 0.167. The molecule has 5 aliphatic rings. The number of phenolic OH excluding ortho intramolecular Hbond substituents is 1. The van der Waals surface area contributed by atoms with Gasteiger partial charge in [-0.2, -0.15) is 13.2 Å². The zero-order chi connectivity index (χ0) is 41.2. The molecular formula is C41H41F4N9O5. The molecule has 9 rings (SSSR count). The highest BCUT2D eigenvalue weighted by molar-refractivity contribution is 6.05. The van der Waals surface area contributed by atoms with Crippen molar-refractivity contribution in [3.8, 4) is 22.8 Å². The fourth-order valence-corrected chi connectivity index (χ4v) is 9.11. The number of benzene rings is 2. The topological polar surface area (TPSA) is 156 Å². The number of hydrogen-bond donors (Lipinski definition) is 3. The van der Waals surface area contributed by atoms with Crippen LogP contribution in [0.2, 0.25) is 0 Å². The third-order valence-corrected chi connectivity index (χ3v) is 12.3. The van der Waals surface area contributed by atoms with Crippen LogP contribution in [-0.2, 0) is 28.9 Å². The van der Waals surface area contributed by atoms with Gasteiger partial charge >= 0.3 is 6.18 Å². The number of piperazine rings is 1. The number of nitrogens with one attached hydrogen (secondary N) is 2. The molecular weight excluding hydrogens is 775 g/mol. The summed E-state index contributed by atoms with van der Waals surface area (Å²) >= 11 is 0. The summed E-state index contributed by atoms with van der Waals surface area (Å²) < 4.78 is 64.2. The molecule has 18 heteroatoms. The van der Waals surface area contributed by atoms with Crippen molar-refractivity contribution in [2.45, 2.75) is 69.6 Å². The Hall–Kier alpha value is -6.04. The second-order valence-electron chi connectivity index (χ2n) is 15.8. The molecule has 2 aromatic heterocycles. The van der Waals surface area contributed by atoms with E-state index in [1.165, 1.54) is 17.2 Å². The van der Waals surface area contributed by atoms with Gasteiger partial charge in [0.25, 0.3) is 5.91 Å². The van der Waals surface area contributed by atoms with Crippen LogP contribution in [0.1, 0.15) is 59.8 Å². The molecule has 7 heterocycles. The number of aromatic hydroxyl groups is 1. The number of ether oxygens (including phenoxy) is 1. The first-order valence-corrected chi connectivity index (χ1v) is 19.6. The fraction of sp³-hybridized carbons (Fsp3) is 0.415. The lowest BCUT2D eigenvalue weighted by atomic mass is 9.90. The average Bonchev–Trinajstić information content (AvgIpc) is 3.76. The van der Waals surface area contributed by atoms with Crippen LogP contribution in [-0.4, -0.2) is 105 Å². The lowest BCUT2D eigenvalue weighted by Gasteiger charge is -2.43. The molecule has 0 saturated carbocycles. The highest BCUT2D eigenvalue weighted by Gasteiger charge is 2.49. The van der Waals surface area contributed by atoms with Gasteiger partial charge in [-0.1, -0.05) is 13.0 Å². The number of aromatic nitrogens is 3. The van der Waals surface area contributed by atoms with E-state index < -0.39 is 46.9 Å². The molecule has 0 bridgehead atoms. The smallest absolute Gasteiger partial charge is 0.418 e. The lowest BCUT2D eigenvalue weighted by molar-refractivity contribution is -0.139. The Balaban J connectivity index is 0.858. The molecule has 59 heavy (non-hydrogen) atoms. The number of phenols is 1. The number of carbonyl (C=O) groups is 3. The number of pyridine rings is 1. The Labute approximate surface area is 336 Å². The van der Waals surface area contributed by atoms with Gasteiger partial charge in [0.05, 0.1) is 40.9 Å². The van der Waals surface area contributed by atoms with E-state index in [9.17, 15) is 37.1 Å². The summed E-state index contributed by atoms with van der Waals surface area (Å²) in [6.45, 7) is 5.16. The zero-order valence-electron chi connectivity index (χ0n) is 32.1. The maximum Gasteiger partial charge on any atom is 0.418 e. The minimum absolute atomic E-state index is 0.00852. The second kappa shape index (κ2) is 14.7. The number of carbonyl (C=O) groups excluding carboxylic acids is 3. The van der Waals surface area contributed by atoms with E-state index in [1.54, 1.807) is 18.2 Å². The summed E-state index contributed by atoms with van der Waals surface area (Å²) in [5.74, 6) is -1.87. The summed E-state index contributed by atoms with van der Waals surface area (Å²) in [6, 6.07) is 11.7. The van der Waals surface area contributed by atoms with Crippen molar-refractivity contribution in [2.75, 3.05) is 54.4 Å². The SMILES string of the molecule is CC[C@]12CNc3nnc(-c4cccc(F)c4O)cc3N1C[C@H](Oc1cnc(CN3CCN(c4ccc5c(c4)CN([C@H]4CCC(=O)NC4=O)C5=O)CC3)c(C(F)(F)F)c1)C2. The highest BCUT2D eigenvalue weighted by Crippen LogP contribution is 2.46. The molecule has 0 aliphatic carbocycles. The number of halogens is 4. The van der Waals surface area contributed by atoms with Crippen LogP contribution in [0.15, 0.2) is 54.7 Å². The number of amides is 3. The number of piperidine rings is 1. The largest absolute Gasteiger partial charge is 0.504 e. The van der Waals surface area contributed by atoms with Gasteiger partial charge in [0.2, 0.25) is 11.8 Å². The zero-order valence-corrected chi connectivity index (χ0v) is 32.1. The molecule has 3 amide bonds. The first-order chi connectivity index (χ1) is 28.3. The van der Waals surface area contributed by atoms with Gasteiger partial charge in [-0.05, 0) is 60.9 Å². The maximum absolute atomic E-state index is 14.6. The number of para-hydroxylation sites is 1. The minimum Gasteiger partial charge on any atom is -0.504 e. The van der Waals surface area contributed by atoms with Gasteiger partial charge in [0.1, 0.15) is 17.9 Å². The Bertz CT molecular complexity index is 2360. The van der Waals surface area contributed by atoms with Crippen LogP contribution in [0.5, 0.6) is 11.5 Å². The average molecular weight is 816 g/mol. The molecule has 14 nitrogen and oxygen atoms in total. The van der Waals surface area contributed by atoms with Gasteiger partial charge in [-0.15, -0.1) is 10.2 Å². The van der Waals surface area contributed by atoms with Crippen LogP contribution in [0.4, 0.5) is 34.8 Å². The third-order valence-electron chi connectivity index (χ3n) is 12.3. The molecule has 3 N–H and O–H groups in total. The number of anilines is 3. The van der Waals surface area contributed by atoms with Gasteiger partial charge in [-0.25, -0.2) is 4.39 Å². The fourth-order valence-electron chi connectivity index (χ4n) is 9.11. The molecule has 0 spiro atoms. The van der Waals surface area contributed by atoms with Gasteiger partial charge in [-0.3, -0.25) is 29.6 Å². The Morgan fingerprint density at radius 1 is 1.02 bits per heavy atom. The van der Waals surface area contributed by atoms with Crippen LogP contribution >= 0.6 is 0 Å². The van der Waals surface area contributed by atoms with Crippen molar-refractivity contribution in [3.05, 3.63) is 82.9 Å². The number of rotatable bonds is 8. The monoisotopic (exact) mass is 815 g/mol. The number of nitrogens with zero attached hydrogens (tertiary/aromatic N) is 7. The molecule has 2 aromatic carbocycles. The standard InChI is InChI=1S/C41H41F4N9O5/c1-2-40-17-26(20-54(40)34-16-31(49-50-37(34)47-22-40)28-4-3-5-30(42)36(28)56)59-25-15-29(41(43,44)45)32(46-18-25)21-51-10-12-52(13-11-51)24-6-7-27-23(14-24)19-53(39(27)58)33-8-9-35(55)48-38(33)57/h3-7,14-16,18,26,33,56H,2,8-13,17,19-22H2,1H3,(H,47,50)(H,48,55,57)/t26-,33+,40+/m1/s1. The summed E-state index contributed by atoms with van der Waals surface area (Å²) in [6.07, 6.45) is -2.17. The van der Waals surface area contributed by atoms with Gasteiger partial charge in [0.15, 0.2) is 17.4 Å². The maximum atomic E-state index is 14.6. The van der Waals surface area contributed by atoms with Crippen molar-refractivity contribution in [2.24, 2.45) is 0 Å². The number of alkyl halides is 3. The minimum atomic E-state index is -4.68. The summed E-state index contributed by atoms with van der Waals surface area (Å²) in [7, 11) is 0. The predicted molar refractivity (Wildman–Crippen MR) is 206 cm³/mol. The Kier molecular flexibility index (Phi) is 9.56. The van der Waals surface area contributed by atoms with Crippen LogP contribution < -0.4 is 25.2 Å². The molecule has 0 radical (unpaired) electrons. The van der Waals surface area contributed by atoms with E-state index in [0.29, 0.717) is 69.2 Å². The normalized spacial score (nSPS) is 23.1. The van der Waals surface area contributed by atoms with Gasteiger partial charge < -0.3 is 29.9 Å². The molecule has 3 fully saturated rings. The summed E-state index contributed by atoms with van der Waals surface area (Å²) in [4.78, 5) is 49.2. The molecule has 308 valence electrons. The van der Waals surface area contributed by atoms with Crippen molar-refractivity contribution >= 4 is 34.9 Å². The van der Waals surface area contributed by atoms with Crippen LogP contribution in [0, 0.1) is 5.82 Å². The lowest BCUT2D eigenvalue weighted by Crippen LogP contribution is -2.52. The van der Waals surface area contributed by atoms with E-state index in [1.807, 2.05) is 24.0 Å².